The molecule has 0 aliphatic heterocycles. The molecular weight excluding hydrogens is 472 g/mol. The van der Waals surface area contributed by atoms with E-state index in [-0.39, 0.29) is 23.1 Å². The van der Waals surface area contributed by atoms with Crippen molar-refractivity contribution in [1.82, 2.24) is 45.5 Å². The molecule has 0 spiro atoms. The average Bonchev–Trinajstić information content (AvgIpc) is 3.59. The summed E-state index contributed by atoms with van der Waals surface area (Å²) in [5.41, 5.74) is 10.7. The second kappa shape index (κ2) is 10.8. The molecule has 35 heavy (non-hydrogen) atoms. The fraction of sp³-hybridized carbons (Fsp3) is 0.300. The Morgan fingerprint density at radius 3 is 2.63 bits per heavy atom. The van der Waals surface area contributed by atoms with Crippen molar-refractivity contribution in [1.29, 1.82) is 0 Å². The third-order valence-corrected chi connectivity index (χ3v) is 6.13. The summed E-state index contributed by atoms with van der Waals surface area (Å²) < 4.78 is 7.73. The Morgan fingerprint density at radius 1 is 1.23 bits per heavy atom. The Kier molecular flexibility index (Phi) is 7.35. The number of aryl methyl sites for hydroxylation is 1. The molecule has 0 aliphatic carbocycles. The number of anilines is 2. The second-order valence-electron chi connectivity index (χ2n) is 7.25. The van der Waals surface area contributed by atoms with Crippen LogP contribution in [0.3, 0.4) is 0 Å². The molecule has 0 unspecified atom stereocenters. The second-order valence-corrected chi connectivity index (χ2v) is 8.19. The summed E-state index contributed by atoms with van der Waals surface area (Å²) in [4.78, 5) is 15.1. The highest BCUT2D eigenvalue weighted by atomic mass is 32.2. The van der Waals surface area contributed by atoms with Gasteiger partial charge in [-0.05, 0) is 41.9 Å². The van der Waals surface area contributed by atoms with E-state index in [1.807, 2.05) is 31.3 Å². The lowest BCUT2D eigenvalue weighted by Crippen LogP contribution is -2.21. The fourth-order valence-corrected chi connectivity index (χ4v) is 4.11. The summed E-state index contributed by atoms with van der Waals surface area (Å²) in [6, 6.07) is 7.89. The molecule has 4 aromatic rings. The largest absolute Gasteiger partial charge is 0.378 e. The standard InChI is InChI=1S/C20H24N12O2S/c1-4-31(5-2)14-8-6-13(7-9-14)10-22-25-19(33)16-15(11-35-20-26-23-12-30(20)3)32(29-24-16)18-17(21)27-34-28-18/h6-10,12H,4-5,11H2,1-3H3,(H2,21,27)(H,25,33). The van der Waals surface area contributed by atoms with Crippen molar-refractivity contribution >= 4 is 35.4 Å². The molecule has 0 aliphatic rings. The third-order valence-electron chi connectivity index (χ3n) is 5.08. The van der Waals surface area contributed by atoms with Crippen molar-refractivity contribution in [2.45, 2.75) is 24.8 Å². The van der Waals surface area contributed by atoms with Gasteiger partial charge in [0.05, 0.1) is 11.9 Å². The lowest BCUT2D eigenvalue weighted by molar-refractivity contribution is 0.0949. The van der Waals surface area contributed by atoms with E-state index < -0.39 is 5.91 Å². The highest BCUT2D eigenvalue weighted by Crippen LogP contribution is 2.24. The number of hydrogen-bond acceptors (Lipinski definition) is 12. The van der Waals surface area contributed by atoms with Gasteiger partial charge in [-0.15, -0.1) is 15.3 Å². The lowest BCUT2D eigenvalue weighted by Gasteiger charge is -2.20. The summed E-state index contributed by atoms with van der Waals surface area (Å²) in [5.74, 6) is -0.138. The van der Waals surface area contributed by atoms with Crippen molar-refractivity contribution in [3.8, 4) is 5.82 Å². The summed E-state index contributed by atoms with van der Waals surface area (Å²) in [6.07, 6.45) is 3.14. The molecule has 3 aromatic heterocycles. The van der Waals surface area contributed by atoms with Crippen LogP contribution in [0.2, 0.25) is 0 Å². The minimum absolute atomic E-state index is 0.0120. The number of hydrazone groups is 1. The van der Waals surface area contributed by atoms with Gasteiger partial charge in [0.2, 0.25) is 11.6 Å². The van der Waals surface area contributed by atoms with Crippen molar-refractivity contribution in [2.75, 3.05) is 23.7 Å². The van der Waals surface area contributed by atoms with E-state index in [0.29, 0.717) is 10.9 Å². The van der Waals surface area contributed by atoms with Gasteiger partial charge in [-0.3, -0.25) is 4.79 Å². The number of nitrogens with one attached hydrogen (secondary N) is 1. The molecule has 0 atom stereocenters. The zero-order valence-corrected chi connectivity index (χ0v) is 20.2. The number of benzene rings is 1. The Morgan fingerprint density at radius 2 is 2.00 bits per heavy atom. The van der Waals surface area contributed by atoms with Gasteiger partial charge in [0.15, 0.2) is 10.9 Å². The van der Waals surface area contributed by atoms with Crippen molar-refractivity contribution in [3.05, 3.63) is 47.5 Å². The van der Waals surface area contributed by atoms with Crippen LogP contribution in [0.5, 0.6) is 0 Å². The molecule has 0 saturated carbocycles. The molecule has 0 saturated heterocycles. The number of nitrogen functional groups attached to an aromatic ring is 1. The van der Waals surface area contributed by atoms with Crippen molar-refractivity contribution in [3.63, 3.8) is 0 Å². The Hall–Kier alpha value is -4.27. The van der Waals surface area contributed by atoms with Gasteiger partial charge < -0.3 is 15.2 Å². The van der Waals surface area contributed by atoms with Crippen LogP contribution >= 0.6 is 11.8 Å². The first-order valence-electron chi connectivity index (χ1n) is 10.7. The predicted octanol–water partition coefficient (Wildman–Crippen LogP) is 1.26. The number of carbonyl (C=O) groups is 1. The van der Waals surface area contributed by atoms with E-state index in [1.165, 1.54) is 16.4 Å². The number of rotatable bonds is 10. The van der Waals surface area contributed by atoms with Crippen LogP contribution < -0.4 is 16.1 Å². The van der Waals surface area contributed by atoms with Gasteiger partial charge in [0.1, 0.15) is 6.33 Å². The number of nitrogens with two attached hydrogens (primary N) is 1. The molecule has 4 rings (SSSR count). The topological polar surface area (TPSA) is 171 Å². The monoisotopic (exact) mass is 496 g/mol. The number of thioether (sulfide) groups is 1. The van der Waals surface area contributed by atoms with Gasteiger partial charge in [-0.2, -0.15) is 9.78 Å². The van der Waals surface area contributed by atoms with E-state index >= 15 is 0 Å². The minimum Gasteiger partial charge on any atom is -0.378 e. The smallest absolute Gasteiger partial charge is 0.293 e. The van der Waals surface area contributed by atoms with E-state index in [9.17, 15) is 4.79 Å². The third kappa shape index (κ3) is 5.29. The summed E-state index contributed by atoms with van der Waals surface area (Å²) in [6.45, 7) is 6.07. The normalized spacial score (nSPS) is 11.3. The number of carbonyl (C=O) groups excluding carboxylic acids is 1. The predicted molar refractivity (Wildman–Crippen MR) is 129 cm³/mol. The fourth-order valence-electron chi connectivity index (χ4n) is 3.23. The Balaban J connectivity index is 1.51. The molecule has 1 aromatic carbocycles. The lowest BCUT2D eigenvalue weighted by atomic mass is 10.2. The molecule has 3 heterocycles. The number of hydrogen-bond donors (Lipinski definition) is 2. The van der Waals surface area contributed by atoms with Crippen LogP contribution in [0.4, 0.5) is 11.5 Å². The van der Waals surface area contributed by atoms with Gasteiger partial charge >= 0.3 is 0 Å². The average molecular weight is 497 g/mol. The first-order chi connectivity index (χ1) is 17.0. The van der Waals surface area contributed by atoms with E-state index in [2.05, 4.69) is 64.7 Å². The zero-order chi connectivity index (χ0) is 24.8. The minimum atomic E-state index is -0.546. The number of nitrogens with zero attached hydrogens (tertiary/aromatic N) is 10. The van der Waals surface area contributed by atoms with Crippen molar-refractivity contribution in [2.24, 2.45) is 12.1 Å². The van der Waals surface area contributed by atoms with Crippen molar-refractivity contribution < 1.29 is 9.42 Å². The van der Waals surface area contributed by atoms with E-state index in [4.69, 9.17) is 5.73 Å². The molecule has 14 nitrogen and oxygen atoms in total. The van der Waals surface area contributed by atoms with Crippen LogP contribution in [-0.2, 0) is 12.8 Å². The van der Waals surface area contributed by atoms with Crippen LogP contribution in [0.1, 0.15) is 35.6 Å². The van der Waals surface area contributed by atoms with Crippen LogP contribution in [0.25, 0.3) is 5.82 Å². The van der Waals surface area contributed by atoms with E-state index in [0.717, 1.165) is 24.3 Å². The van der Waals surface area contributed by atoms with E-state index in [1.54, 1.807) is 17.1 Å². The maximum atomic E-state index is 12.9. The Bertz CT molecular complexity index is 1310. The summed E-state index contributed by atoms with van der Waals surface area (Å²) in [7, 11) is 1.81. The molecule has 3 N–H and O–H groups in total. The molecule has 15 heteroatoms. The van der Waals surface area contributed by atoms with Gasteiger partial charge in [-0.1, -0.05) is 29.1 Å². The molecule has 0 fully saturated rings. The molecule has 0 bridgehead atoms. The molecule has 1 amide bonds. The molecule has 182 valence electrons. The summed E-state index contributed by atoms with van der Waals surface area (Å²) in [5, 5.41) is 28.0. The number of amides is 1. The quantitative estimate of drug-likeness (QED) is 0.184. The summed E-state index contributed by atoms with van der Waals surface area (Å²) >= 11 is 1.33. The maximum absolute atomic E-state index is 12.9. The highest BCUT2D eigenvalue weighted by Gasteiger charge is 2.24. The van der Waals surface area contributed by atoms with Gasteiger partial charge in [0.25, 0.3) is 5.91 Å². The van der Waals surface area contributed by atoms with Gasteiger partial charge in [0, 0.05) is 31.6 Å². The van der Waals surface area contributed by atoms with Crippen LogP contribution in [-0.4, -0.2) is 65.3 Å². The van der Waals surface area contributed by atoms with Crippen LogP contribution in [0, 0.1) is 0 Å². The van der Waals surface area contributed by atoms with Gasteiger partial charge in [-0.25, -0.2) is 10.1 Å². The molecular formula is C20H24N12O2S. The first kappa shape index (κ1) is 23.9. The molecule has 0 radical (unpaired) electrons. The highest BCUT2D eigenvalue weighted by molar-refractivity contribution is 7.98. The van der Waals surface area contributed by atoms with Crippen LogP contribution in [0.15, 0.2) is 45.5 Å². The number of aromatic nitrogens is 8. The Labute approximate surface area is 204 Å². The zero-order valence-electron chi connectivity index (χ0n) is 19.4. The maximum Gasteiger partial charge on any atom is 0.293 e. The SMILES string of the molecule is CCN(CC)c1ccc(C=NNC(=O)c2nnn(-c3nonc3N)c2CSc2nncn2C)cc1. The first-order valence-corrected chi connectivity index (χ1v) is 11.7.